The summed E-state index contributed by atoms with van der Waals surface area (Å²) < 4.78 is 1.64. The molecular formula is C4H7N2S. The minimum atomic E-state index is 0.948. The van der Waals surface area contributed by atoms with Crippen LogP contribution >= 0.6 is 12.8 Å². The fourth-order valence-electron chi connectivity index (χ4n) is 0.484. The molecule has 1 rings (SSSR count). The highest BCUT2D eigenvalue weighted by atomic mass is 32.1. The van der Waals surface area contributed by atoms with Crippen LogP contribution in [0, 0.1) is 0 Å². The number of rotatable bonds is 0. The standard InChI is InChI=1S/C4H7N2S/c1-5-3-2-4-6(5)7/h2,4H,3H2,1H3. The smallest absolute Gasteiger partial charge is 0.0617 e. The quantitative estimate of drug-likeness (QED) is 0.460. The summed E-state index contributed by atoms with van der Waals surface area (Å²) in [6.45, 7) is 0.948. The molecule has 0 aromatic carbocycles. The molecule has 1 aliphatic rings. The molecule has 0 fully saturated rings. The molecule has 0 N–H and O–H groups in total. The lowest BCUT2D eigenvalue weighted by atomic mass is 10.6. The van der Waals surface area contributed by atoms with E-state index >= 15 is 0 Å². The van der Waals surface area contributed by atoms with E-state index in [4.69, 9.17) is 12.8 Å². The molecule has 0 saturated carbocycles. The second-order valence-corrected chi connectivity index (χ2v) is 1.90. The normalized spacial score (nSPS) is 21.7. The van der Waals surface area contributed by atoms with Crippen molar-refractivity contribution in [2.24, 2.45) is 0 Å². The minimum Gasteiger partial charge on any atom is -0.244 e. The Morgan fingerprint density at radius 1 is 1.71 bits per heavy atom. The second kappa shape index (κ2) is 1.76. The van der Waals surface area contributed by atoms with E-state index in [9.17, 15) is 0 Å². The average molecular weight is 115 g/mol. The van der Waals surface area contributed by atoms with E-state index in [0.29, 0.717) is 0 Å². The molecular weight excluding hydrogens is 108 g/mol. The van der Waals surface area contributed by atoms with E-state index in [-0.39, 0.29) is 0 Å². The van der Waals surface area contributed by atoms with Gasteiger partial charge in [-0.05, 0) is 0 Å². The van der Waals surface area contributed by atoms with Crippen molar-refractivity contribution in [1.29, 1.82) is 0 Å². The van der Waals surface area contributed by atoms with Crippen LogP contribution in [-0.2, 0) is 0 Å². The second-order valence-electron chi connectivity index (χ2n) is 1.53. The van der Waals surface area contributed by atoms with E-state index in [1.54, 1.807) is 4.41 Å². The van der Waals surface area contributed by atoms with Gasteiger partial charge < -0.3 is 0 Å². The van der Waals surface area contributed by atoms with Crippen molar-refractivity contribution in [1.82, 2.24) is 9.42 Å². The van der Waals surface area contributed by atoms with Crippen molar-refractivity contribution in [3.63, 3.8) is 0 Å². The third-order valence-electron chi connectivity index (χ3n) is 0.939. The lowest BCUT2D eigenvalue weighted by Crippen LogP contribution is -2.22. The van der Waals surface area contributed by atoms with Gasteiger partial charge in [-0.3, -0.25) is 0 Å². The Labute approximate surface area is 48.9 Å². The molecule has 1 aliphatic heterocycles. The Bertz CT molecular complexity index is 91.7. The van der Waals surface area contributed by atoms with Gasteiger partial charge in [0, 0.05) is 19.8 Å². The lowest BCUT2D eigenvalue weighted by Gasteiger charge is -2.15. The summed E-state index contributed by atoms with van der Waals surface area (Å²) in [6, 6.07) is 0. The van der Waals surface area contributed by atoms with Gasteiger partial charge >= 0.3 is 0 Å². The first-order chi connectivity index (χ1) is 3.30. The molecule has 1 heterocycles. The number of likely N-dealkylation sites (N-methyl/N-ethyl adjacent to an activating group) is 1. The lowest BCUT2D eigenvalue weighted by molar-refractivity contribution is 0.204. The van der Waals surface area contributed by atoms with Gasteiger partial charge in [-0.2, -0.15) is 0 Å². The van der Waals surface area contributed by atoms with Gasteiger partial charge in [-0.1, -0.05) is 6.08 Å². The number of hydrazine groups is 1. The van der Waals surface area contributed by atoms with Crippen molar-refractivity contribution in [3.05, 3.63) is 12.3 Å². The van der Waals surface area contributed by atoms with Crippen LogP contribution in [0.3, 0.4) is 0 Å². The van der Waals surface area contributed by atoms with Gasteiger partial charge in [-0.25, -0.2) is 9.42 Å². The zero-order chi connectivity index (χ0) is 5.28. The van der Waals surface area contributed by atoms with E-state index in [0.717, 1.165) is 6.54 Å². The first kappa shape index (κ1) is 5.00. The van der Waals surface area contributed by atoms with Crippen molar-refractivity contribution in [2.45, 2.75) is 0 Å². The Kier molecular flexibility index (Phi) is 1.25. The maximum atomic E-state index is 4.80. The Morgan fingerprint density at radius 2 is 2.43 bits per heavy atom. The molecule has 0 aliphatic carbocycles. The van der Waals surface area contributed by atoms with Crippen LogP contribution in [0.1, 0.15) is 0 Å². The maximum Gasteiger partial charge on any atom is 0.0617 e. The van der Waals surface area contributed by atoms with Gasteiger partial charge in [0.25, 0.3) is 0 Å². The van der Waals surface area contributed by atoms with Crippen LogP contribution < -0.4 is 0 Å². The van der Waals surface area contributed by atoms with Crippen LogP contribution in [0.4, 0.5) is 0 Å². The van der Waals surface area contributed by atoms with E-state index in [1.165, 1.54) is 0 Å². The van der Waals surface area contributed by atoms with Crippen molar-refractivity contribution >= 4 is 12.8 Å². The molecule has 7 heavy (non-hydrogen) atoms. The molecule has 0 aromatic rings. The third kappa shape index (κ3) is 0.894. The molecule has 0 amide bonds. The molecule has 0 spiro atoms. The van der Waals surface area contributed by atoms with Crippen molar-refractivity contribution in [2.75, 3.05) is 13.6 Å². The van der Waals surface area contributed by atoms with Gasteiger partial charge in [0.15, 0.2) is 0 Å². The highest BCUT2D eigenvalue weighted by Gasteiger charge is 2.04. The number of nitrogens with zero attached hydrogens (tertiary/aromatic N) is 2. The monoisotopic (exact) mass is 115 g/mol. The van der Waals surface area contributed by atoms with E-state index < -0.39 is 0 Å². The first-order valence-electron chi connectivity index (χ1n) is 2.15. The highest BCUT2D eigenvalue weighted by Crippen LogP contribution is 2.05. The molecule has 39 valence electrons. The Hall–Kier alpha value is -0.150. The summed E-state index contributed by atoms with van der Waals surface area (Å²) >= 11 is 4.80. The fraction of sp³-hybridized carbons (Fsp3) is 0.500. The molecule has 3 heteroatoms. The van der Waals surface area contributed by atoms with Crippen molar-refractivity contribution < 1.29 is 0 Å². The van der Waals surface area contributed by atoms with E-state index in [1.807, 2.05) is 24.3 Å². The van der Waals surface area contributed by atoms with Crippen molar-refractivity contribution in [3.8, 4) is 0 Å². The Morgan fingerprint density at radius 3 is 2.57 bits per heavy atom. The summed E-state index contributed by atoms with van der Waals surface area (Å²) in [5.41, 5.74) is 0. The topological polar surface area (TPSA) is 6.48 Å². The van der Waals surface area contributed by atoms with Crippen LogP contribution in [0.5, 0.6) is 0 Å². The number of hydrogen-bond donors (Lipinski definition) is 0. The third-order valence-corrected chi connectivity index (χ3v) is 1.34. The average Bonchev–Trinajstić information content (AvgIpc) is 1.91. The molecule has 0 bridgehead atoms. The van der Waals surface area contributed by atoms with Crippen LogP contribution in [0.15, 0.2) is 12.3 Å². The van der Waals surface area contributed by atoms with Crippen LogP contribution in [0.2, 0.25) is 0 Å². The molecule has 2 nitrogen and oxygen atoms in total. The molecule has 0 aromatic heterocycles. The zero-order valence-electron chi connectivity index (χ0n) is 4.16. The summed E-state index contributed by atoms with van der Waals surface area (Å²) in [6.07, 6.45) is 3.89. The minimum absolute atomic E-state index is 0.948. The van der Waals surface area contributed by atoms with Gasteiger partial charge in [0.05, 0.1) is 12.8 Å². The number of hydrogen-bond acceptors (Lipinski definition) is 2. The summed E-state index contributed by atoms with van der Waals surface area (Å²) in [4.78, 5) is 0. The highest BCUT2D eigenvalue weighted by molar-refractivity contribution is 7.77. The predicted molar refractivity (Wildman–Crippen MR) is 31.2 cm³/mol. The predicted octanol–water partition coefficient (Wildman–Crippen LogP) is 0.775. The molecule has 1 radical (unpaired) electrons. The molecule has 0 atom stereocenters. The first-order valence-corrected chi connectivity index (χ1v) is 2.51. The molecule has 0 saturated heterocycles. The van der Waals surface area contributed by atoms with E-state index in [2.05, 4.69) is 0 Å². The summed E-state index contributed by atoms with van der Waals surface area (Å²) in [5.74, 6) is 0. The van der Waals surface area contributed by atoms with Gasteiger partial charge in [-0.15, -0.1) is 0 Å². The SMILES string of the molecule is CN1CC=CN1[S]. The summed E-state index contributed by atoms with van der Waals surface area (Å²) in [7, 11) is 1.95. The molecule has 0 unspecified atom stereocenters. The Balaban J connectivity index is 2.45. The van der Waals surface area contributed by atoms with Crippen LogP contribution in [0.25, 0.3) is 0 Å². The van der Waals surface area contributed by atoms with Crippen LogP contribution in [-0.4, -0.2) is 23.0 Å². The fourth-order valence-corrected chi connectivity index (χ4v) is 0.637. The maximum absolute atomic E-state index is 4.80. The van der Waals surface area contributed by atoms with Gasteiger partial charge in [0.2, 0.25) is 0 Å². The zero-order valence-corrected chi connectivity index (χ0v) is 4.98. The largest absolute Gasteiger partial charge is 0.244 e. The van der Waals surface area contributed by atoms with Gasteiger partial charge in [0.1, 0.15) is 0 Å². The summed E-state index contributed by atoms with van der Waals surface area (Å²) in [5, 5.41) is 1.94.